The fourth-order valence-corrected chi connectivity index (χ4v) is 0.416. The number of hydrogen-bond donors (Lipinski definition) is 4. The molecule has 0 aliphatic heterocycles. The number of aldehydes is 1. The molecule has 0 aromatic rings. The van der Waals surface area contributed by atoms with Crippen molar-refractivity contribution in [3.05, 3.63) is 0 Å². The predicted molar refractivity (Wildman–Crippen MR) is 31.2 cm³/mol. The van der Waals surface area contributed by atoms with E-state index in [-0.39, 0.29) is 6.29 Å². The number of carbonyl (C=O) groups is 1. The van der Waals surface area contributed by atoms with E-state index in [4.69, 9.17) is 20.4 Å². The predicted octanol–water partition coefficient (Wildman–Crippen LogP) is -2.74. The third-order valence-corrected chi connectivity index (χ3v) is 1.07. The number of hydrogen-bond acceptors (Lipinski definition) is 5. The van der Waals surface area contributed by atoms with E-state index in [9.17, 15) is 4.79 Å². The average molecular weight is 150 g/mol. The third kappa shape index (κ3) is 2.40. The smallest absolute Gasteiger partial charge is 0.151 e. The highest BCUT2D eigenvalue weighted by Crippen LogP contribution is 1.96. The van der Waals surface area contributed by atoms with Gasteiger partial charge in [-0.05, 0) is 0 Å². The van der Waals surface area contributed by atoms with Crippen LogP contribution in [0.1, 0.15) is 0 Å². The van der Waals surface area contributed by atoms with Crippen LogP contribution in [-0.4, -0.2) is 51.6 Å². The van der Waals surface area contributed by atoms with Crippen molar-refractivity contribution >= 4 is 6.29 Å². The minimum Gasteiger partial charge on any atom is -0.394 e. The lowest BCUT2D eigenvalue weighted by molar-refractivity contribution is -0.127. The van der Waals surface area contributed by atoms with Gasteiger partial charge in [-0.2, -0.15) is 0 Å². The van der Waals surface area contributed by atoms with Crippen molar-refractivity contribution < 1.29 is 25.2 Å². The fraction of sp³-hybridized carbons (Fsp3) is 0.800. The molecular formula is C5H10O5. The van der Waals surface area contributed by atoms with Crippen LogP contribution in [0, 0.1) is 0 Å². The SMILES string of the molecule is O=C[C@H](O)C(O)C(O)CO. The lowest BCUT2D eigenvalue weighted by atomic mass is 10.1. The molecule has 0 rings (SSSR count). The van der Waals surface area contributed by atoms with E-state index >= 15 is 0 Å². The number of carbonyl (C=O) groups excluding carboxylic acids is 1. The second kappa shape index (κ2) is 4.35. The summed E-state index contributed by atoms with van der Waals surface area (Å²) in [5.41, 5.74) is 0. The summed E-state index contributed by atoms with van der Waals surface area (Å²) >= 11 is 0. The van der Waals surface area contributed by atoms with Crippen molar-refractivity contribution in [1.82, 2.24) is 0 Å². The summed E-state index contributed by atoms with van der Waals surface area (Å²) in [6.07, 6.45) is -4.63. The minimum atomic E-state index is -1.64. The quantitative estimate of drug-likeness (QED) is 0.326. The Kier molecular flexibility index (Phi) is 4.13. The second-order valence-corrected chi connectivity index (χ2v) is 1.87. The van der Waals surface area contributed by atoms with E-state index in [1.54, 1.807) is 0 Å². The van der Waals surface area contributed by atoms with Crippen LogP contribution in [0.4, 0.5) is 0 Å². The van der Waals surface area contributed by atoms with Crippen LogP contribution in [0.15, 0.2) is 0 Å². The van der Waals surface area contributed by atoms with Gasteiger partial charge in [-0.3, -0.25) is 0 Å². The van der Waals surface area contributed by atoms with Crippen molar-refractivity contribution in [2.75, 3.05) is 6.61 Å². The van der Waals surface area contributed by atoms with Crippen molar-refractivity contribution in [2.24, 2.45) is 0 Å². The van der Waals surface area contributed by atoms with Gasteiger partial charge in [0, 0.05) is 0 Å². The first-order chi connectivity index (χ1) is 4.63. The molecule has 0 saturated carbocycles. The van der Waals surface area contributed by atoms with Gasteiger partial charge in [-0.25, -0.2) is 0 Å². The third-order valence-electron chi connectivity index (χ3n) is 1.07. The molecule has 2 unspecified atom stereocenters. The van der Waals surface area contributed by atoms with Gasteiger partial charge in [0.25, 0.3) is 0 Å². The lowest BCUT2D eigenvalue weighted by Crippen LogP contribution is -2.40. The molecule has 0 bridgehead atoms. The first kappa shape index (κ1) is 9.51. The van der Waals surface area contributed by atoms with E-state index in [0.29, 0.717) is 0 Å². The summed E-state index contributed by atoms with van der Waals surface area (Å²) in [6, 6.07) is 0. The Morgan fingerprint density at radius 3 is 2.10 bits per heavy atom. The van der Waals surface area contributed by atoms with E-state index < -0.39 is 24.9 Å². The minimum absolute atomic E-state index is 0.0869. The number of aliphatic hydroxyl groups excluding tert-OH is 4. The number of aliphatic hydroxyl groups is 4. The summed E-state index contributed by atoms with van der Waals surface area (Å²) in [7, 11) is 0. The zero-order valence-corrected chi connectivity index (χ0v) is 5.21. The van der Waals surface area contributed by atoms with Crippen LogP contribution in [0.5, 0.6) is 0 Å². The Labute approximate surface area is 57.5 Å². The standard InChI is InChI=1S/C5H10O5/c6-1-3(8)5(10)4(9)2-7/h1,3-5,7-10H,2H2/t3-,4?,5?/m0/s1. The molecule has 0 aliphatic carbocycles. The van der Waals surface area contributed by atoms with Crippen molar-refractivity contribution in [3.63, 3.8) is 0 Å². The Bertz CT molecular complexity index is 104. The normalized spacial score (nSPS) is 19.6. The van der Waals surface area contributed by atoms with Gasteiger partial charge < -0.3 is 25.2 Å². The highest BCUT2D eigenvalue weighted by molar-refractivity contribution is 5.56. The van der Waals surface area contributed by atoms with Crippen LogP contribution in [0.25, 0.3) is 0 Å². The van der Waals surface area contributed by atoms with Gasteiger partial charge in [0.2, 0.25) is 0 Å². The summed E-state index contributed by atoms with van der Waals surface area (Å²) in [5, 5.41) is 34.1. The summed E-state index contributed by atoms with van der Waals surface area (Å²) in [5.74, 6) is 0. The average Bonchev–Trinajstić information content (AvgIpc) is 2.00. The highest BCUT2D eigenvalue weighted by atomic mass is 16.4. The zero-order chi connectivity index (χ0) is 8.15. The molecule has 5 heteroatoms. The number of rotatable bonds is 4. The van der Waals surface area contributed by atoms with Gasteiger partial charge in [-0.1, -0.05) is 0 Å². The monoisotopic (exact) mass is 150 g/mol. The Morgan fingerprint density at radius 1 is 1.30 bits per heavy atom. The van der Waals surface area contributed by atoms with Crippen LogP contribution < -0.4 is 0 Å². The summed E-state index contributed by atoms with van der Waals surface area (Å²) in [6.45, 7) is -0.688. The van der Waals surface area contributed by atoms with E-state index in [1.807, 2.05) is 0 Å². The van der Waals surface area contributed by atoms with Crippen LogP contribution >= 0.6 is 0 Å². The second-order valence-electron chi connectivity index (χ2n) is 1.87. The van der Waals surface area contributed by atoms with E-state index in [2.05, 4.69) is 0 Å². The van der Waals surface area contributed by atoms with Crippen molar-refractivity contribution in [2.45, 2.75) is 18.3 Å². The molecule has 0 aliphatic rings. The summed E-state index contributed by atoms with van der Waals surface area (Å²) < 4.78 is 0. The van der Waals surface area contributed by atoms with Crippen LogP contribution in [0.2, 0.25) is 0 Å². The largest absolute Gasteiger partial charge is 0.394 e. The molecule has 3 atom stereocenters. The zero-order valence-electron chi connectivity index (χ0n) is 5.21. The first-order valence-corrected chi connectivity index (χ1v) is 2.73. The Morgan fingerprint density at radius 2 is 1.80 bits per heavy atom. The molecule has 5 nitrogen and oxygen atoms in total. The molecule has 0 radical (unpaired) electrons. The van der Waals surface area contributed by atoms with Crippen LogP contribution in [-0.2, 0) is 4.79 Å². The molecule has 0 saturated heterocycles. The van der Waals surface area contributed by atoms with E-state index in [0.717, 1.165) is 0 Å². The molecule has 0 aromatic heterocycles. The fourth-order valence-electron chi connectivity index (χ4n) is 0.416. The van der Waals surface area contributed by atoms with Gasteiger partial charge in [-0.15, -0.1) is 0 Å². The maximum Gasteiger partial charge on any atom is 0.151 e. The molecule has 0 amide bonds. The van der Waals surface area contributed by atoms with Crippen molar-refractivity contribution in [1.29, 1.82) is 0 Å². The van der Waals surface area contributed by atoms with Gasteiger partial charge in [0.15, 0.2) is 6.29 Å². The molecule has 4 N–H and O–H groups in total. The molecule has 0 heterocycles. The topological polar surface area (TPSA) is 98.0 Å². The maximum atomic E-state index is 9.76. The molecule has 0 fully saturated rings. The Balaban J connectivity index is 3.80. The van der Waals surface area contributed by atoms with Crippen molar-refractivity contribution in [3.8, 4) is 0 Å². The molecule has 60 valence electrons. The molecule has 0 spiro atoms. The van der Waals surface area contributed by atoms with Gasteiger partial charge >= 0.3 is 0 Å². The molecular weight excluding hydrogens is 140 g/mol. The molecule has 10 heavy (non-hydrogen) atoms. The lowest BCUT2D eigenvalue weighted by Gasteiger charge is -2.16. The first-order valence-electron chi connectivity index (χ1n) is 2.73. The van der Waals surface area contributed by atoms with Crippen LogP contribution in [0.3, 0.4) is 0 Å². The highest BCUT2D eigenvalue weighted by Gasteiger charge is 2.22. The molecule has 0 aromatic carbocycles. The van der Waals surface area contributed by atoms with E-state index in [1.165, 1.54) is 0 Å². The van der Waals surface area contributed by atoms with Gasteiger partial charge in [0.1, 0.15) is 18.3 Å². The van der Waals surface area contributed by atoms with Gasteiger partial charge in [0.05, 0.1) is 6.61 Å². The Hall–Kier alpha value is -0.490. The maximum absolute atomic E-state index is 9.76. The summed E-state index contributed by atoms with van der Waals surface area (Å²) in [4.78, 5) is 9.76.